The van der Waals surface area contributed by atoms with Crippen LogP contribution in [0.5, 0.6) is 0 Å². The van der Waals surface area contributed by atoms with Gasteiger partial charge in [-0.3, -0.25) is 4.79 Å². The smallest absolute Gasteiger partial charge is 0.248 e. The van der Waals surface area contributed by atoms with Crippen LogP contribution in [0.25, 0.3) is 11.1 Å². The molecule has 0 unspecified atom stereocenters. The van der Waals surface area contributed by atoms with Crippen molar-refractivity contribution in [3.63, 3.8) is 0 Å². The Balaban J connectivity index is 2.86. The number of halogens is 5. The van der Waals surface area contributed by atoms with Crippen molar-refractivity contribution in [2.45, 2.75) is 6.42 Å². The first-order valence-electron chi connectivity index (χ1n) is 5.49. The van der Waals surface area contributed by atoms with Crippen molar-refractivity contribution >= 4 is 58.0 Å². The molecule has 0 spiro atoms. The molecule has 0 aliphatic rings. The Kier molecular flexibility index (Phi) is 5.08. The summed E-state index contributed by atoms with van der Waals surface area (Å²) in [4.78, 5) is 14.0. The number of nitrogens with one attached hydrogen (secondary N) is 1. The van der Waals surface area contributed by atoms with Gasteiger partial charge in [-0.25, -0.2) is 0 Å². The van der Waals surface area contributed by atoms with Gasteiger partial charge >= 0.3 is 0 Å². The summed E-state index contributed by atoms with van der Waals surface area (Å²) in [5, 5.41) is 9.21. The molecule has 0 bridgehead atoms. The van der Waals surface area contributed by atoms with Gasteiger partial charge in [0.15, 0.2) is 0 Å². The average Bonchev–Trinajstić information content (AvgIpc) is 2.46. The van der Waals surface area contributed by atoms with E-state index < -0.39 is 0 Å². The van der Waals surface area contributed by atoms with Crippen LogP contribution in [-0.4, -0.2) is 4.98 Å². The predicted molar refractivity (Wildman–Crippen MR) is 86.9 cm³/mol. The summed E-state index contributed by atoms with van der Waals surface area (Å²) in [6.07, 6.45) is -0.0318. The van der Waals surface area contributed by atoms with Gasteiger partial charge in [0, 0.05) is 22.9 Å². The Hall–Kier alpha value is -0.890. The molecule has 0 atom stereocenters. The second-order valence-electron chi connectivity index (χ2n) is 3.99. The van der Waals surface area contributed by atoms with Crippen LogP contribution in [0, 0.1) is 11.3 Å². The second-order valence-corrected chi connectivity index (χ2v) is 5.88. The monoisotopic (exact) mass is 380 g/mol. The van der Waals surface area contributed by atoms with Gasteiger partial charge in [0.1, 0.15) is 0 Å². The summed E-state index contributed by atoms with van der Waals surface area (Å²) in [6.45, 7) is 0. The van der Waals surface area contributed by atoms with Crippen LogP contribution in [0.15, 0.2) is 16.9 Å². The predicted octanol–water partition coefficient (Wildman–Crippen LogP) is 5.37. The van der Waals surface area contributed by atoms with Crippen molar-refractivity contribution in [1.82, 2.24) is 4.98 Å². The van der Waals surface area contributed by atoms with Gasteiger partial charge in [-0.2, -0.15) is 5.26 Å². The summed E-state index contributed by atoms with van der Waals surface area (Å²) < 4.78 is 0. The molecule has 0 amide bonds. The second kappa shape index (κ2) is 6.48. The molecular weight excluding hydrogens is 377 g/mol. The number of hydrogen-bond donors (Lipinski definition) is 1. The molecular formula is C13H5Cl5N2O. The molecule has 1 N–H and O–H groups in total. The minimum absolute atomic E-state index is 0.0318. The lowest BCUT2D eigenvalue weighted by Gasteiger charge is -2.14. The van der Waals surface area contributed by atoms with Crippen molar-refractivity contribution in [2.24, 2.45) is 0 Å². The van der Waals surface area contributed by atoms with Crippen LogP contribution in [-0.2, 0) is 6.42 Å². The summed E-state index contributed by atoms with van der Waals surface area (Å²) in [6, 6.07) is 4.74. The first-order valence-corrected chi connectivity index (χ1v) is 7.38. The molecule has 2 rings (SSSR count). The van der Waals surface area contributed by atoms with Gasteiger partial charge in [-0.15, -0.1) is 0 Å². The number of benzene rings is 1. The zero-order chi connectivity index (χ0) is 15.7. The molecule has 0 radical (unpaired) electrons. The van der Waals surface area contributed by atoms with Crippen LogP contribution >= 0.6 is 58.0 Å². The Bertz CT molecular complexity index is 794. The van der Waals surface area contributed by atoms with E-state index in [0.717, 1.165) is 0 Å². The third-order valence-electron chi connectivity index (χ3n) is 2.74. The first-order chi connectivity index (χ1) is 9.88. The molecule has 0 aliphatic carbocycles. The Morgan fingerprint density at radius 2 is 1.48 bits per heavy atom. The highest BCUT2D eigenvalue weighted by atomic mass is 35.5. The van der Waals surface area contributed by atoms with Crippen molar-refractivity contribution in [1.29, 1.82) is 5.26 Å². The fourth-order valence-corrected chi connectivity index (χ4v) is 3.15. The molecule has 1 aromatic carbocycles. The van der Waals surface area contributed by atoms with E-state index in [4.69, 9.17) is 63.3 Å². The van der Waals surface area contributed by atoms with Crippen molar-refractivity contribution in [3.05, 3.63) is 53.3 Å². The Morgan fingerprint density at radius 1 is 0.952 bits per heavy atom. The average molecular weight is 382 g/mol. The lowest BCUT2D eigenvalue weighted by Crippen LogP contribution is -2.08. The number of aromatic nitrogens is 1. The molecule has 3 nitrogen and oxygen atoms in total. The van der Waals surface area contributed by atoms with E-state index in [1.807, 2.05) is 6.07 Å². The molecule has 108 valence electrons. The van der Waals surface area contributed by atoms with Crippen LogP contribution < -0.4 is 5.56 Å². The highest BCUT2D eigenvalue weighted by molar-refractivity contribution is 6.56. The molecule has 0 fully saturated rings. The molecule has 8 heteroatoms. The normalized spacial score (nSPS) is 10.5. The Morgan fingerprint density at radius 3 is 2.00 bits per heavy atom. The highest BCUT2D eigenvalue weighted by Gasteiger charge is 2.22. The van der Waals surface area contributed by atoms with E-state index in [0.29, 0.717) is 16.8 Å². The van der Waals surface area contributed by atoms with Gasteiger partial charge in [0.25, 0.3) is 0 Å². The van der Waals surface area contributed by atoms with E-state index >= 15 is 0 Å². The van der Waals surface area contributed by atoms with Crippen LogP contribution in [0.1, 0.15) is 5.69 Å². The van der Waals surface area contributed by atoms with E-state index in [2.05, 4.69) is 4.98 Å². The number of H-pyrrole nitrogens is 1. The molecule has 0 saturated heterocycles. The highest BCUT2D eigenvalue weighted by Crippen LogP contribution is 2.48. The minimum atomic E-state index is -0.345. The molecule has 1 heterocycles. The van der Waals surface area contributed by atoms with Gasteiger partial charge in [0.2, 0.25) is 5.56 Å². The number of pyridine rings is 1. The van der Waals surface area contributed by atoms with Crippen LogP contribution in [0.3, 0.4) is 0 Å². The number of nitrogens with zero attached hydrogens (tertiary/aromatic N) is 1. The lowest BCUT2D eigenvalue weighted by atomic mass is 10.0. The molecule has 2 aromatic rings. The molecule has 0 aliphatic heterocycles. The summed E-state index contributed by atoms with van der Waals surface area (Å²) in [7, 11) is 0. The number of nitriles is 1. The van der Waals surface area contributed by atoms with Crippen molar-refractivity contribution < 1.29 is 0 Å². The fourth-order valence-electron chi connectivity index (χ4n) is 1.81. The third kappa shape index (κ3) is 3.01. The molecule has 0 saturated carbocycles. The topological polar surface area (TPSA) is 56.6 Å². The Labute approximate surface area is 145 Å². The number of hydrogen-bond acceptors (Lipinski definition) is 2. The number of aromatic amines is 1. The first kappa shape index (κ1) is 16.5. The zero-order valence-corrected chi connectivity index (χ0v) is 13.9. The van der Waals surface area contributed by atoms with E-state index in [-0.39, 0.29) is 37.1 Å². The standard InChI is InChI=1S/C13H5Cl5N2O/c14-9-8(10(15)12(17)13(18)11(9)16)5-1-2-7(21)20-6(5)3-4-19/h1-2H,3H2,(H,20,21). The van der Waals surface area contributed by atoms with Gasteiger partial charge in [-0.05, 0) is 6.07 Å². The molecule has 21 heavy (non-hydrogen) atoms. The lowest BCUT2D eigenvalue weighted by molar-refractivity contribution is 1.08. The SMILES string of the molecule is N#CCc1[nH]c(=O)ccc1-c1c(Cl)c(Cl)c(Cl)c(Cl)c1Cl. The third-order valence-corrected chi connectivity index (χ3v) is 5.01. The zero-order valence-electron chi connectivity index (χ0n) is 10.1. The number of rotatable bonds is 2. The van der Waals surface area contributed by atoms with Gasteiger partial charge in [-0.1, -0.05) is 58.0 Å². The minimum Gasteiger partial charge on any atom is -0.325 e. The summed E-state index contributed by atoms with van der Waals surface area (Å²) in [5.41, 5.74) is 0.802. The van der Waals surface area contributed by atoms with Crippen molar-refractivity contribution in [2.75, 3.05) is 0 Å². The largest absolute Gasteiger partial charge is 0.325 e. The molecule has 1 aromatic heterocycles. The van der Waals surface area contributed by atoms with Crippen LogP contribution in [0.4, 0.5) is 0 Å². The fraction of sp³-hybridized carbons (Fsp3) is 0.0769. The maximum atomic E-state index is 11.4. The van der Waals surface area contributed by atoms with E-state index in [1.165, 1.54) is 12.1 Å². The maximum Gasteiger partial charge on any atom is 0.248 e. The van der Waals surface area contributed by atoms with E-state index in [9.17, 15) is 4.79 Å². The summed E-state index contributed by atoms with van der Waals surface area (Å²) >= 11 is 30.4. The van der Waals surface area contributed by atoms with Gasteiger partial charge < -0.3 is 4.98 Å². The van der Waals surface area contributed by atoms with E-state index in [1.54, 1.807) is 0 Å². The van der Waals surface area contributed by atoms with Gasteiger partial charge in [0.05, 0.1) is 37.6 Å². The maximum absolute atomic E-state index is 11.4. The van der Waals surface area contributed by atoms with Crippen LogP contribution in [0.2, 0.25) is 25.1 Å². The summed E-state index contributed by atoms with van der Waals surface area (Å²) in [5.74, 6) is 0. The van der Waals surface area contributed by atoms with Crippen molar-refractivity contribution in [3.8, 4) is 17.2 Å². The quantitative estimate of drug-likeness (QED) is 0.560.